The van der Waals surface area contributed by atoms with Gasteiger partial charge in [0.15, 0.2) is 0 Å². The van der Waals surface area contributed by atoms with E-state index in [1.807, 2.05) is 36.4 Å². The molecule has 1 N–H and O–H groups in total. The molecule has 0 heterocycles. The second-order valence-corrected chi connectivity index (χ2v) is 10.9. The Labute approximate surface area is 230 Å². The maximum Gasteiger partial charge on any atom is 0.244 e. The molecular weight excluding hydrogens is 518 g/mol. The lowest BCUT2D eigenvalue weighted by Crippen LogP contribution is -2.51. The lowest BCUT2D eigenvalue weighted by atomic mass is 10.1. The van der Waals surface area contributed by atoms with Crippen molar-refractivity contribution in [2.24, 2.45) is 0 Å². The molecule has 0 fully saturated rings. The second-order valence-electron chi connectivity index (χ2n) is 8.98. The number of sulfonamides is 1. The largest absolute Gasteiger partial charge is 0.497 e. The maximum atomic E-state index is 13.6. The zero-order chi connectivity index (χ0) is 28.4. The minimum absolute atomic E-state index is 0.0954. The van der Waals surface area contributed by atoms with Crippen LogP contribution in [0.15, 0.2) is 78.9 Å². The molecule has 208 valence electrons. The van der Waals surface area contributed by atoms with Crippen molar-refractivity contribution < 1.29 is 27.5 Å². The van der Waals surface area contributed by atoms with E-state index in [0.717, 1.165) is 21.7 Å². The fourth-order valence-electron chi connectivity index (χ4n) is 3.94. The molecule has 0 saturated carbocycles. The Balaban J connectivity index is 1.82. The molecule has 0 aliphatic heterocycles. The number of carbonyl (C=O) groups is 2. The van der Waals surface area contributed by atoms with Crippen molar-refractivity contribution >= 4 is 27.5 Å². The first kappa shape index (κ1) is 29.5. The van der Waals surface area contributed by atoms with Gasteiger partial charge in [0.25, 0.3) is 0 Å². The summed E-state index contributed by atoms with van der Waals surface area (Å²) in [5, 5.41) is 2.73. The average Bonchev–Trinajstić information content (AvgIpc) is 2.93. The molecule has 3 aromatic rings. The summed E-state index contributed by atoms with van der Waals surface area (Å²) in [6.45, 7) is 3.79. The summed E-state index contributed by atoms with van der Waals surface area (Å²) < 4.78 is 37.6. The van der Waals surface area contributed by atoms with Gasteiger partial charge in [-0.2, -0.15) is 0 Å². The van der Waals surface area contributed by atoms with E-state index in [-0.39, 0.29) is 12.5 Å². The molecule has 0 radical (unpaired) electrons. The van der Waals surface area contributed by atoms with Gasteiger partial charge in [-0.25, -0.2) is 8.42 Å². The summed E-state index contributed by atoms with van der Waals surface area (Å²) >= 11 is 0. The number of benzene rings is 3. The number of ether oxygens (including phenoxy) is 2. The summed E-state index contributed by atoms with van der Waals surface area (Å²) in [5.74, 6) is 0.316. The first-order valence-electron chi connectivity index (χ1n) is 12.6. The number of likely N-dealkylation sites (N-methyl/N-ethyl adjacent to an activating group) is 1. The van der Waals surface area contributed by atoms with Gasteiger partial charge in [-0.3, -0.25) is 13.9 Å². The van der Waals surface area contributed by atoms with Crippen molar-refractivity contribution in [3.8, 4) is 11.5 Å². The van der Waals surface area contributed by atoms with E-state index in [2.05, 4.69) is 5.32 Å². The fraction of sp³-hybridized carbons (Fsp3) is 0.310. The van der Waals surface area contributed by atoms with Gasteiger partial charge in [-0.1, -0.05) is 42.5 Å². The molecule has 0 bridgehead atoms. The predicted octanol–water partition coefficient (Wildman–Crippen LogP) is 3.59. The first-order chi connectivity index (χ1) is 18.6. The van der Waals surface area contributed by atoms with E-state index < -0.39 is 28.5 Å². The van der Waals surface area contributed by atoms with Gasteiger partial charge in [0, 0.05) is 13.1 Å². The molecule has 0 unspecified atom stereocenters. The molecule has 9 nitrogen and oxygen atoms in total. The highest BCUT2D eigenvalue weighted by Gasteiger charge is 2.30. The van der Waals surface area contributed by atoms with Gasteiger partial charge in [0.05, 0.1) is 19.1 Å². The Morgan fingerprint density at radius 1 is 0.923 bits per heavy atom. The van der Waals surface area contributed by atoms with Crippen molar-refractivity contribution in [2.75, 3.05) is 30.8 Å². The molecule has 1 atom stereocenters. The smallest absolute Gasteiger partial charge is 0.244 e. The molecule has 39 heavy (non-hydrogen) atoms. The monoisotopic (exact) mass is 553 g/mol. The van der Waals surface area contributed by atoms with Gasteiger partial charge in [0.1, 0.15) is 30.7 Å². The average molecular weight is 554 g/mol. The van der Waals surface area contributed by atoms with E-state index in [1.165, 1.54) is 4.90 Å². The van der Waals surface area contributed by atoms with Crippen LogP contribution in [0.4, 0.5) is 5.69 Å². The van der Waals surface area contributed by atoms with Crippen molar-refractivity contribution in [3.05, 3.63) is 90.0 Å². The molecule has 3 rings (SSSR count). The predicted molar refractivity (Wildman–Crippen MR) is 151 cm³/mol. The Morgan fingerprint density at radius 2 is 1.59 bits per heavy atom. The quantitative estimate of drug-likeness (QED) is 0.347. The highest BCUT2D eigenvalue weighted by atomic mass is 32.2. The molecule has 0 aliphatic carbocycles. The molecule has 0 saturated heterocycles. The zero-order valence-corrected chi connectivity index (χ0v) is 23.5. The third-order valence-electron chi connectivity index (χ3n) is 6.06. The van der Waals surface area contributed by atoms with Crippen LogP contribution in [0.3, 0.4) is 0 Å². The highest BCUT2D eigenvalue weighted by Crippen LogP contribution is 2.23. The van der Waals surface area contributed by atoms with Crippen molar-refractivity contribution in [1.29, 1.82) is 0 Å². The van der Waals surface area contributed by atoms with E-state index in [9.17, 15) is 18.0 Å². The fourth-order valence-corrected chi connectivity index (χ4v) is 4.78. The lowest BCUT2D eigenvalue weighted by molar-refractivity contribution is -0.139. The Morgan fingerprint density at radius 3 is 2.21 bits per heavy atom. The first-order valence-corrected chi connectivity index (χ1v) is 14.4. The standard InChI is InChI=1S/C29H35N3O6S/c1-5-30-29(34)22(2)31(19-24-12-9-13-27(18-24)37-3)28(33)20-32(39(4,35)36)25-14-16-26(17-15-25)38-21-23-10-7-6-8-11-23/h6-18,22H,5,19-21H2,1-4H3,(H,30,34)/t22-/m1/s1. The van der Waals surface area contributed by atoms with Gasteiger partial charge in [-0.15, -0.1) is 0 Å². The second kappa shape index (κ2) is 13.7. The van der Waals surface area contributed by atoms with Gasteiger partial charge in [-0.05, 0) is 61.4 Å². The number of rotatable bonds is 13. The van der Waals surface area contributed by atoms with Crippen LogP contribution < -0.4 is 19.1 Å². The van der Waals surface area contributed by atoms with Gasteiger partial charge < -0.3 is 19.7 Å². The maximum absolute atomic E-state index is 13.6. The number of methoxy groups -OCH3 is 1. The number of nitrogens with one attached hydrogen (secondary N) is 1. The Kier molecular flexibility index (Phi) is 10.3. The summed E-state index contributed by atoms with van der Waals surface area (Å²) in [4.78, 5) is 27.6. The molecule has 3 aromatic carbocycles. The summed E-state index contributed by atoms with van der Waals surface area (Å²) in [7, 11) is -2.29. The van der Waals surface area contributed by atoms with Crippen LogP contribution in [0.5, 0.6) is 11.5 Å². The summed E-state index contributed by atoms with van der Waals surface area (Å²) in [5.41, 5.74) is 2.05. The van der Waals surface area contributed by atoms with Crippen LogP contribution in [-0.4, -0.2) is 57.6 Å². The minimum atomic E-state index is -3.83. The van der Waals surface area contributed by atoms with Crippen molar-refractivity contribution in [2.45, 2.75) is 33.0 Å². The zero-order valence-electron chi connectivity index (χ0n) is 22.7. The number of nitrogens with zero attached hydrogens (tertiary/aromatic N) is 2. The molecule has 10 heteroatoms. The third-order valence-corrected chi connectivity index (χ3v) is 7.20. The third kappa shape index (κ3) is 8.47. The van der Waals surface area contributed by atoms with Gasteiger partial charge in [0.2, 0.25) is 21.8 Å². The normalized spacial score (nSPS) is 11.8. The minimum Gasteiger partial charge on any atom is -0.497 e. The summed E-state index contributed by atoms with van der Waals surface area (Å²) in [6.07, 6.45) is 1.04. The van der Waals surface area contributed by atoms with Crippen LogP contribution in [0.2, 0.25) is 0 Å². The molecule has 0 aliphatic rings. The molecule has 0 spiro atoms. The number of anilines is 1. The van der Waals surface area contributed by atoms with E-state index in [1.54, 1.807) is 63.4 Å². The Hall–Kier alpha value is -4.05. The van der Waals surface area contributed by atoms with Crippen LogP contribution >= 0.6 is 0 Å². The van der Waals surface area contributed by atoms with Crippen LogP contribution in [0.1, 0.15) is 25.0 Å². The number of hydrogen-bond acceptors (Lipinski definition) is 6. The molecule has 0 aromatic heterocycles. The number of hydrogen-bond donors (Lipinski definition) is 1. The van der Waals surface area contributed by atoms with Crippen molar-refractivity contribution in [3.63, 3.8) is 0 Å². The summed E-state index contributed by atoms with van der Waals surface area (Å²) in [6, 6.07) is 22.5. The van der Waals surface area contributed by atoms with E-state index >= 15 is 0 Å². The Bertz CT molecular complexity index is 1350. The number of carbonyl (C=O) groups excluding carboxylic acids is 2. The van der Waals surface area contributed by atoms with Gasteiger partial charge >= 0.3 is 0 Å². The van der Waals surface area contributed by atoms with E-state index in [4.69, 9.17) is 9.47 Å². The van der Waals surface area contributed by atoms with Crippen LogP contribution in [0, 0.1) is 0 Å². The van der Waals surface area contributed by atoms with Crippen molar-refractivity contribution in [1.82, 2.24) is 10.2 Å². The van der Waals surface area contributed by atoms with Crippen LogP contribution in [0.25, 0.3) is 0 Å². The number of amides is 2. The van der Waals surface area contributed by atoms with E-state index in [0.29, 0.717) is 30.3 Å². The molecule has 2 amide bonds. The topological polar surface area (TPSA) is 105 Å². The van der Waals surface area contributed by atoms with Crippen LogP contribution in [-0.2, 0) is 32.8 Å². The lowest BCUT2D eigenvalue weighted by Gasteiger charge is -2.31. The SMILES string of the molecule is CCNC(=O)[C@@H](C)N(Cc1cccc(OC)c1)C(=O)CN(c1ccc(OCc2ccccc2)cc1)S(C)(=O)=O. The highest BCUT2D eigenvalue weighted by molar-refractivity contribution is 7.92. The molecular formula is C29H35N3O6S.